The summed E-state index contributed by atoms with van der Waals surface area (Å²) >= 11 is 6.15. The number of amides is 2. The van der Waals surface area contributed by atoms with Crippen LogP contribution in [0.4, 0.5) is 30.4 Å². The Labute approximate surface area is 200 Å². The molecule has 0 aliphatic carbocycles. The highest BCUT2D eigenvalue weighted by atomic mass is 35.5. The summed E-state index contributed by atoms with van der Waals surface area (Å²) in [6.07, 6.45) is -3.58. The number of hydrogen-bond donors (Lipinski definition) is 5. The molecule has 2 aromatic heterocycles. The van der Waals surface area contributed by atoms with Crippen molar-refractivity contribution in [3.63, 3.8) is 0 Å². The third kappa shape index (κ3) is 6.16. The molecule has 6 N–H and O–H groups in total. The Morgan fingerprint density at radius 1 is 1.23 bits per heavy atom. The number of nitrogens with one attached hydrogen (secondary N) is 3. The summed E-state index contributed by atoms with van der Waals surface area (Å²) in [6, 6.07) is 3.38. The first-order chi connectivity index (χ1) is 16.5. The van der Waals surface area contributed by atoms with Crippen LogP contribution in [-0.4, -0.2) is 45.2 Å². The number of aliphatic hydroxyl groups is 1. The Balaban J connectivity index is 1.69. The molecule has 186 valence electrons. The van der Waals surface area contributed by atoms with Gasteiger partial charge < -0.3 is 31.3 Å². The number of aliphatic hydroxyl groups excluding tert-OH is 1. The number of nitrogen functional groups attached to an aromatic ring is 1. The van der Waals surface area contributed by atoms with Gasteiger partial charge in [0.15, 0.2) is 5.69 Å². The molecule has 0 spiro atoms. The van der Waals surface area contributed by atoms with Gasteiger partial charge in [-0.3, -0.25) is 9.59 Å². The normalized spacial score (nSPS) is 12.2. The van der Waals surface area contributed by atoms with Gasteiger partial charge in [-0.2, -0.15) is 13.2 Å². The van der Waals surface area contributed by atoms with Crippen molar-refractivity contribution in [3.05, 3.63) is 58.3 Å². The summed E-state index contributed by atoms with van der Waals surface area (Å²) in [5.41, 5.74) is 3.63. The Morgan fingerprint density at radius 3 is 2.66 bits per heavy atom. The number of nitrogens with zero attached hydrogens (tertiary/aromatic N) is 3. The van der Waals surface area contributed by atoms with E-state index in [9.17, 15) is 22.8 Å². The topological polar surface area (TPSA) is 168 Å². The zero-order chi connectivity index (χ0) is 25.8. The van der Waals surface area contributed by atoms with E-state index >= 15 is 0 Å². The second kappa shape index (κ2) is 10.6. The smallest absolute Gasteiger partial charge is 0.398 e. The van der Waals surface area contributed by atoms with Crippen LogP contribution in [0.25, 0.3) is 0 Å². The van der Waals surface area contributed by atoms with Crippen LogP contribution in [0.2, 0.25) is 5.02 Å². The van der Waals surface area contributed by atoms with E-state index in [4.69, 9.17) is 27.0 Å². The fourth-order valence-electron chi connectivity index (χ4n) is 2.84. The van der Waals surface area contributed by atoms with Crippen LogP contribution < -0.4 is 21.7 Å². The van der Waals surface area contributed by atoms with Crippen molar-refractivity contribution in [2.45, 2.75) is 19.1 Å². The van der Waals surface area contributed by atoms with Crippen LogP contribution in [0.3, 0.4) is 0 Å². The molecule has 15 heteroatoms. The highest BCUT2D eigenvalue weighted by Crippen LogP contribution is 2.35. The number of alkyl halides is 3. The van der Waals surface area contributed by atoms with Crippen molar-refractivity contribution < 1.29 is 32.4 Å². The van der Waals surface area contributed by atoms with E-state index in [-0.39, 0.29) is 46.8 Å². The molecule has 1 atom stereocenters. The molecule has 11 nitrogen and oxygen atoms in total. The first kappa shape index (κ1) is 25.7. The van der Waals surface area contributed by atoms with Crippen LogP contribution >= 0.6 is 11.6 Å². The van der Waals surface area contributed by atoms with Crippen LogP contribution in [0.15, 0.2) is 35.1 Å². The quantitative estimate of drug-likeness (QED) is 0.284. The summed E-state index contributed by atoms with van der Waals surface area (Å²) in [4.78, 5) is 32.7. The number of halogens is 4. The average molecular weight is 514 g/mol. The zero-order valence-corrected chi connectivity index (χ0v) is 18.7. The van der Waals surface area contributed by atoms with E-state index in [1.54, 1.807) is 6.92 Å². The summed E-state index contributed by atoms with van der Waals surface area (Å²) in [7, 11) is 0. The molecule has 0 bridgehead atoms. The zero-order valence-electron chi connectivity index (χ0n) is 18.0. The van der Waals surface area contributed by atoms with Gasteiger partial charge in [0.2, 0.25) is 5.76 Å². The number of hydrogen-bond acceptors (Lipinski definition) is 9. The third-order valence-corrected chi connectivity index (χ3v) is 4.93. The van der Waals surface area contributed by atoms with Crippen molar-refractivity contribution in [2.75, 3.05) is 29.5 Å². The minimum atomic E-state index is -4.69. The molecule has 0 fully saturated rings. The maximum atomic E-state index is 13.0. The number of aromatic nitrogens is 3. The Hall–Kier alpha value is -3.91. The number of anilines is 3. The SMILES string of the molecule is C[C@H](NC(=O)c1ncnc(NCCO)c1Cl)c1cc(C(=O)Nc2ccc(N)c(C(F)(F)F)c2)on1. The number of nitrogens with two attached hydrogens (primary N) is 1. The monoisotopic (exact) mass is 513 g/mol. The minimum absolute atomic E-state index is 0.0624. The second-order valence-corrected chi connectivity index (χ2v) is 7.48. The molecule has 1 aromatic carbocycles. The average Bonchev–Trinajstić information content (AvgIpc) is 3.29. The van der Waals surface area contributed by atoms with Crippen molar-refractivity contribution in [2.24, 2.45) is 0 Å². The van der Waals surface area contributed by atoms with Crippen molar-refractivity contribution in [1.82, 2.24) is 20.4 Å². The highest BCUT2D eigenvalue weighted by molar-refractivity contribution is 6.35. The predicted molar refractivity (Wildman–Crippen MR) is 119 cm³/mol. The van der Waals surface area contributed by atoms with Gasteiger partial charge in [0.05, 0.1) is 18.2 Å². The van der Waals surface area contributed by atoms with E-state index in [2.05, 4.69) is 31.1 Å². The molecule has 0 aliphatic rings. The van der Waals surface area contributed by atoms with Crippen LogP contribution in [-0.2, 0) is 6.18 Å². The van der Waals surface area contributed by atoms with E-state index in [0.717, 1.165) is 12.4 Å². The Bertz CT molecular complexity index is 1240. The molecule has 2 heterocycles. The lowest BCUT2D eigenvalue weighted by molar-refractivity contribution is -0.136. The Kier molecular flexibility index (Phi) is 7.76. The molecule has 3 rings (SSSR count). The lowest BCUT2D eigenvalue weighted by atomic mass is 10.1. The summed E-state index contributed by atoms with van der Waals surface area (Å²) in [5, 5.41) is 20.2. The van der Waals surface area contributed by atoms with Gasteiger partial charge in [0, 0.05) is 24.0 Å². The first-order valence-electron chi connectivity index (χ1n) is 9.92. The number of carbonyl (C=O) groups excluding carboxylic acids is 2. The molecular formula is C20H19ClF3N7O4. The molecular weight excluding hydrogens is 495 g/mol. The molecule has 3 aromatic rings. The van der Waals surface area contributed by atoms with E-state index in [1.165, 1.54) is 12.1 Å². The standard InChI is InChI=1S/C20H19ClF3N7O4/c1-9(29-19(34)16-15(21)17(26-4-5-32)28-8-27-16)13-7-14(35-31-13)18(33)30-10-2-3-12(25)11(6-10)20(22,23)24/h2-3,6-9,32H,4-5,25H2,1H3,(H,29,34)(H,30,33)(H,26,27,28)/t9-/m0/s1. The number of rotatable bonds is 8. The van der Waals surface area contributed by atoms with Gasteiger partial charge in [-0.15, -0.1) is 0 Å². The highest BCUT2D eigenvalue weighted by Gasteiger charge is 2.33. The number of benzene rings is 1. The molecule has 0 saturated carbocycles. The van der Waals surface area contributed by atoms with Gasteiger partial charge in [-0.05, 0) is 25.1 Å². The molecule has 2 amide bonds. The van der Waals surface area contributed by atoms with Gasteiger partial charge >= 0.3 is 6.18 Å². The first-order valence-corrected chi connectivity index (χ1v) is 10.3. The summed E-state index contributed by atoms with van der Waals surface area (Å²) in [6.45, 7) is 1.53. The molecule has 0 aliphatic heterocycles. The minimum Gasteiger partial charge on any atom is -0.398 e. The molecule has 35 heavy (non-hydrogen) atoms. The third-order valence-electron chi connectivity index (χ3n) is 4.57. The fourth-order valence-corrected chi connectivity index (χ4v) is 3.09. The van der Waals surface area contributed by atoms with Crippen molar-refractivity contribution in [3.8, 4) is 0 Å². The van der Waals surface area contributed by atoms with Crippen LogP contribution in [0.1, 0.15) is 45.3 Å². The van der Waals surface area contributed by atoms with E-state index in [1.807, 2.05) is 0 Å². The Morgan fingerprint density at radius 2 is 1.97 bits per heavy atom. The lowest BCUT2D eigenvalue weighted by Gasteiger charge is -2.12. The number of carbonyl (C=O) groups is 2. The molecule has 0 radical (unpaired) electrons. The van der Waals surface area contributed by atoms with Gasteiger partial charge in [0.1, 0.15) is 22.9 Å². The van der Waals surface area contributed by atoms with Gasteiger partial charge in [0.25, 0.3) is 11.8 Å². The van der Waals surface area contributed by atoms with Gasteiger partial charge in [-0.25, -0.2) is 9.97 Å². The van der Waals surface area contributed by atoms with E-state index < -0.39 is 35.3 Å². The lowest BCUT2D eigenvalue weighted by Crippen LogP contribution is -2.28. The van der Waals surface area contributed by atoms with Crippen LogP contribution in [0.5, 0.6) is 0 Å². The maximum Gasteiger partial charge on any atom is 0.418 e. The summed E-state index contributed by atoms with van der Waals surface area (Å²) < 4.78 is 44.0. The summed E-state index contributed by atoms with van der Waals surface area (Å²) in [5.74, 6) is -1.68. The fraction of sp³-hybridized carbons (Fsp3) is 0.250. The second-order valence-electron chi connectivity index (χ2n) is 7.10. The maximum absolute atomic E-state index is 13.0. The molecule has 0 unspecified atom stereocenters. The predicted octanol–water partition coefficient (Wildman–Crippen LogP) is 2.87. The van der Waals surface area contributed by atoms with Gasteiger partial charge in [-0.1, -0.05) is 16.8 Å². The van der Waals surface area contributed by atoms with Crippen LogP contribution in [0, 0.1) is 0 Å². The van der Waals surface area contributed by atoms with E-state index in [0.29, 0.717) is 6.07 Å². The molecule has 0 saturated heterocycles. The van der Waals surface area contributed by atoms with Crippen molar-refractivity contribution >= 4 is 40.6 Å². The largest absolute Gasteiger partial charge is 0.418 e. The van der Waals surface area contributed by atoms with Crippen molar-refractivity contribution in [1.29, 1.82) is 0 Å².